The van der Waals surface area contributed by atoms with Crippen LogP contribution in [0.4, 0.5) is 0 Å². The van der Waals surface area contributed by atoms with Crippen LogP contribution in [-0.2, 0) is 23.3 Å². The molecule has 1 heterocycles. The molecule has 0 aliphatic rings. The summed E-state index contributed by atoms with van der Waals surface area (Å²) in [5, 5.41) is 4.00. The fourth-order valence-electron chi connectivity index (χ4n) is 1.34. The highest BCUT2D eigenvalue weighted by molar-refractivity contribution is 7.91. The first kappa shape index (κ1) is 12.2. The zero-order valence-corrected chi connectivity index (χ0v) is 10.1. The van der Waals surface area contributed by atoms with Gasteiger partial charge in [-0.15, -0.1) is 0 Å². The van der Waals surface area contributed by atoms with Crippen LogP contribution >= 0.6 is 0 Å². The summed E-state index contributed by atoms with van der Waals surface area (Å²) in [4.78, 5) is 0. The maximum absolute atomic E-state index is 11.5. The van der Waals surface area contributed by atoms with E-state index in [1.165, 1.54) is 0 Å². The minimum atomic E-state index is -2.87. The number of nitrogens with zero attached hydrogens (tertiary/aromatic N) is 2. The highest BCUT2D eigenvalue weighted by Crippen LogP contribution is 2.03. The molecular weight excluding hydrogens is 212 g/mol. The van der Waals surface area contributed by atoms with Crippen LogP contribution in [0, 0.1) is 0 Å². The molecule has 0 spiro atoms. The summed E-state index contributed by atoms with van der Waals surface area (Å²) < 4.78 is 24.8. The SMILES string of the molecule is CCCCS(=O)(=O)CCc1cnn(C)c1. The van der Waals surface area contributed by atoms with Crippen molar-refractivity contribution >= 4 is 9.84 Å². The predicted molar refractivity (Wildman–Crippen MR) is 60.5 cm³/mol. The summed E-state index contributed by atoms with van der Waals surface area (Å²) in [7, 11) is -1.04. The topological polar surface area (TPSA) is 52.0 Å². The monoisotopic (exact) mass is 230 g/mol. The Morgan fingerprint density at radius 1 is 1.40 bits per heavy atom. The van der Waals surface area contributed by atoms with Crippen LogP contribution in [0.15, 0.2) is 12.4 Å². The molecule has 1 rings (SSSR count). The average Bonchev–Trinajstić information content (AvgIpc) is 2.59. The minimum Gasteiger partial charge on any atom is -0.276 e. The number of aromatic nitrogens is 2. The van der Waals surface area contributed by atoms with Crippen molar-refractivity contribution in [1.82, 2.24) is 9.78 Å². The van der Waals surface area contributed by atoms with Crippen molar-refractivity contribution in [2.75, 3.05) is 11.5 Å². The third-order valence-electron chi connectivity index (χ3n) is 2.27. The van der Waals surface area contributed by atoms with Crippen molar-refractivity contribution in [1.29, 1.82) is 0 Å². The van der Waals surface area contributed by atoms with Crippen LogP contribution in [0.25, 0.3) is 0 Å². The zero-order chi connectivity index (χ0) is 11.3. The molecule has 86 valence electrons. The Balaban J connectivity index is 2.42. The quantitative estimate of drug-likeness (QED) is 0.737. The van der Waals surface area contributed by atoms with Gasteiger partial charge in [-0.2, -0.15) is 5.10 Å². The van der Waals surface area contributed by atoms with Gasteiger partial charge in [-0.05, 0) is 18.4 Å². The molecule has 0 bridgehead atoms. The normalized spacial score (nSPS) is 11.9. The van der Waals surface area contributed by atoms with Crippen LogP contribution in [0.5, 0.6) is 0 Å². The summed E-state index contributed by atoms with van der Waals surface area (Å²) >= 11 is 0. The van der Waals surface area contributed by atoms with Crippen LogP contribution in [-0.4, -0.2) is 29.7 Å². The third-order valence-corrected chi connectivity index (χ3v) is 4.01. The standard InChI is InChI=1S/C10H18N2O2S/c1-3-4-6-15(13,14)7-5-10-8-11-12(2)9-10/h8-9H,3-7H2,1-2H3. The summed E-state index contributed by atoms with van der Waals surface area (Å²) in [5.74, 6) is 0.544. The number of hydrogen-bond acceptors (Lipinski definition) is 3. The highest BCUT2D eigenvalue weighted by Gasteiger charge is 2.10. The van der Waals surface area contributed by atoms with Crippen LogP contribution < -0.4 is 0 Å². The lowest BCUT2D eigenvalue weighted by Gasteiger charge is -2.01. The smallest absolute Gasteiger partial charge is 0.150 e. The number of aryl methyl sites for hydroxylation is 2. The number of sulfone groups is 1. The molecule has 5 heteroatoms. The van der Waals surface area contributed by atoms with E-state index in [2.05, 4.69) is 5.10 Å². The van der Waals surface area contributed by atoms with Gasteiger partial charge in [0.05, 0.1) is 17.7 Å². The van der Waals surface area contributed by atoms with E-state index in [1.54, 1.807) is 10.9 Å². The summed E-state index contributed by atoms with van der Waals surface area (Å²) in [5.41, 5.74) is 0.984. The molecule has 0 aliphatic carbocycles. The highest BCUT2D eigenvalue weighted by atomic mass is 32.2. The second kappa shape index (κ2) is 5.30. The molecule has 0 saturated carbocycles. The second-order valence-corrected chi connectivity index (χ2v) is 6.08. The van der Waals surface area contributed by atoms with Crippen LogP contribution in [0.3, 0.4) is 0 Å². The Morgan fingerprint density at radius 2 is 2.13 bits per heavy atom. The average molecular weight is 230 g/mol. The Kier molecular flexibility index (Phi) is 4.32. The fourth-order valence-corrected chi connectivity index (χ4v) is 2.82. The first-order valence-electron chi connectivity index (χ1n) is 5.21. The fraction of sp³-hybridized carbons (Fsp3) is 0.700. The van der Waals surface area contributed by atoms with E-state index in [1.807, 2.05) is 20.2 Å². The van der Waals surface area contributed by atoms with Gasteiger partial charge in [0.15, 0.2) is 9.84 Å². The van der Waals surface area contributed by atoms with E-state index >= 15 is 0 Å². The summed E-state index contributed by atoms with van der Waals surface area (Å²) in [6.07, 6.45) is 5.83. The van der Waals surface area contributed by atoms with Crippen LogP contribution in [0.1, 0.15) is 25.3 Å². The van der Waals surface area contributed by atoms with E-state index in [9.17, 15) is 8.42 Å². The molecule has 0 N–H and O–H groups in total. The maximum Gasteiger partial charge on any atom is 0.150 e. The summed E-state index contributed by atoms with van der Waals surface area (Å²) in [6, 6.07) is 0. The molecule has 0 atom stereocenters. The van der Waals surface area contributed by atoms with Crippen molar-refractivity contribution in [3.63, 3.8) is 0 Å². The van der Waals surface area contributed by atoms with E-state index < -0.39 is 9.84 Å². The molecule has 0 saturated heterocycles. The molecule has 0 amide bonds. The number of rotatable bonds is 6. The molecule has 0 unspecified atom stereocenters. The Hall–Kier alpha value is -0.840. The molecule has 15 heavy (non-hydrogen) atoms. The molecule has 1 aromatic heterocycles. The molecular formula is C10H18N2O2S. The van der Waals surface area contributed by atoms with Crippen LogP contribution in [0.2, 0.25) is 0 Å². The Labute approximate surface area is 91.2 Å². The van der Waals surface area contributed by atoms with Crippen molar-refractivity contribution in [3.05, 3.63) is 18.0 Å². The number of hydrogen-bond donors (Lipinski definition) is 0. The van der Waals surface area contributed by atoms with Gasteiger partial charge in [-0.3, -0.25) is 4.68 Å². The van der Waals surface area contributed by atoms with E-state index in [-0.39, 0.29) is 5.75 Å². The second-order valence-electron chi connectivity index (χ2n) is 3.78. The largest absolute Gasteiger partial charge is 0.276 e. The molecule has 1 aromatic rings. The lowest BCUT2D eigenvalue weighted by atomic mass is 10.3. The lowest BCUT2D eigenvalue weighted by Crippen LogP contribution is -2.12. The van der Waals surface area contributed by atoms with E-state index in [0.29, 0.717) is 12.2 Å². The maximum atomic E-state index is 11.5. The Bertz CT molecular complexity index is 395. The van der Waals surface area contributed by atoms with Gasteiger partial charge >= 0.3 is 0 Å². The first-order chi connectivity index (χ1) is 7.03. The third kappa shape index (κ3) is 4.46. The molecule has 0 aromatic carbocycles. The molecule has 0 radical (unpaired) electrons. The molecule has 0 aliphatic heterocycles. The van der Waals surface area contributed by atoms with Gasteiger partial charge in [0.25, 0.3) is 0 Å². The van der Waals surface area contributed by atoms with Gasteiger partial charge in [-0.25, -0.2) is 8.42 Å². The van der Waals surface area contributed by atoms with E-state index in [4.69, 9.17) is 0 Å². The van der Waals surface area contributed by atoms with Crippen molar-refractivity contribution in [3.8, 4) is 0 Å². The van der Waals surface area contributed by atoms with Crippen molar-refractivity contribution < 1.29 is 8.42 Å². The summed E-state index contributed by atoms with van der Waals surface area (Å²) in [6.45, 7) is 2.00. The van der Waals surface area contributed by atoms with Gasteiger partial charge < -0.3 is 0 Å². The van der Waals surface area contributed by atoms with Gasteiger partial charge in [-0.1, -0.05) is 13.3 Å². The lowest BCUT2D eigenvalue weighted by molar-refractivity contribution is 0.592. The number of unbranched alkanes of at least 4 members (excludes halogenated alkanes) is 1. The first-order valence-corrected chi connectivity index (χ1v) is 7.03. The van der Waals surface area contributed by atoms with Gasteiger partial charge in [0.1, 0.15) is 0 Å². The van der Waals surface area contributed by atoms with E-state index in [0.717, 1.165) is 18.4 Å². The van der Waals surface area contributed by atoms with Crippen molar-refractivity contribution in [2.24, 2.45) is 7.05 Å². The minimum absolute atomic E-state index is 0.235. The van der Waals surface area contributed by atoms with Crippen molar-refractivity contribution in [2.45, 2.75) is 26.2 Å². The Morgan fingerprint density at radius 3 is 2.67 bits per heavy atom. The van der Waals surface area contributed by atoms with Gasteiger partial charge in [0, 0.05) is 13.2 Å². The predicted octanol–water partition coefficient (Wildman–Crippen LogP) is 1.18. The molecule has 4 nitrogen and oxygen atoms in total. The molecule has 0 fully saturated rings. The van der Waals surface area contributed by atoms with Gasteiger partial charge in [0.2, 0.25) is 0 Å². The zero-order valence-electron chi connectivity index (χ0n) is 9.31.